The zero-order valence-electron chi connectivity index (χ0n) is 9.76. The van der Waals surface area contributed by atoms with Gasteiger partial charge in [-0.2, -0.15) is 13.7 Å². The predicted molar refractivity (Wildman–Crippen MR) is 69.3 cm³/mol. The van der Waals surface area contributed by atoms with Gasteiger partial charge < -0.3 is 4.90 Å². The molecule has 0 spiro atoms. The number of nitrogens with zero attached hydrogens (tertiary/aromatic N) is 2. The van der Waals surface area contributed by atoms with Crippen molar-refractivity contribution in [2.75, 3.05) is 22.7 Å². The number of hydrogen-bond donors (Lipinski definition) is 2. The lowest BCUT2D eigenvalue weighted by atomic mass is 10.1. The average Bonchev–Trinajstić information content (AvgIpc) is 2.79. The number of anilines is 2. The summed E-state index contributed by atoms with van der Waals surface area (Å²) >= 11 is 0. The standard InChI is InChI=1S/C11H14N4O2S/c12-8-9-10(14-18(13,16)17)4-3-5-11(9)15-6-1-2-7-15/h3-5,14H,1-2,6-7H2,(H2,13,16,17). The first-order valence-electron chi connectivity index (χ1n) is 5.60. The molecule has 1 aliphatic heterocycles. The molecule has 0 amide bonds. The number of nitriles is 1. The minimum atomic E-state index is -3.87. The maximum Gasteiger partial charge on any atom is 0.296 e. The van der Waals surface area contributed by atoms with Crippen LogP contribution in [0.2, 0.25) is 0 Å². The van der Waals surface area contributed by atoms with Crippen LogP contribution in [0.1, 0.15) is 18.4 Å². The quantitative estimate of drug-likeness (QED) is 0.844. The molecular formula is C11H14N4O2S. The zero-order valence-corrected chi connectivity index (χ0v) is 10.6. The number of rotatable bonds is 3. The molecule has 96 valence electrons. The van der Waals surface area contributed by atoms with Crippen LogP contribution in [-0.4, -0.2) is 21.5 Å². The Hall–Kier alpha value is -1.78. The molecule has 6 nitrogen and oxygen atoms in total. The number of nitrogens with two attached hydrogens (primary N) is 1. The van der Waals surface area contributed by atoms with Crippen molar-refractivity contribution in [1.29, 1.82) is 5.26 Å². The van der Waals surface area contributed by atoms with E-state index in [0.717, 1.165) is 31.6 Å². The molecule has 2 rings (SSSR count). The molecule has 1 aromatic carbocycles. The van der Waals surface area contributed by atoms with Gasteiger partial charge in [0.15, 0.2) is 0 Å². The van der Waals surface area contributed by atoms with Crippen LogP contribution in [0.5, 0.6) is 0 Å². The molecule has 0 radical (unpaired) electrons. The fourth-order valence-corrected chi connectivity index (χ4v) is 2.59. The summed E-state index contributed by atoms with van der Waals surface area (Å²) in [4.78, 5) is 2.08. The molecule has 18 heavy (non-hydrogen) atoms. The van der Waals surface area contributed by atoms with Crippen LogP contribution in [-0.2, 0) is 10.2 Å². The van der Waals surface area contributed by atoms with E-state index in [4.69, 9.17) is 5.14 Å². The molecule has 3 N–H and O–H groups in total. The molecule has 0 aliphatic carbocycles. The van der Waals surface area contributed by atoms with Crippen LogP contribution in [0.4, 0.5) is 11.4 Å². The Morgan fingerprint density at radius 1 is 1.33 bits per heavy atom. The highest BCUT2D eigenvalue weighted by Crippen LogP contribution is 2.29. The maximum absolute atomic E-state index is 11.0. The van der Waals surface area contributed by atoms with Gasteiger partial charge in [0.05, 0.1) is 16.9 Å². The maximum atomic E-state index is 11.0. The summed E-state index contributed by atoms with van der Waals surface area (Å²) in [6.45, 7) is 1.76. The van der Waals surface area contributed by atoms with Gasteiger partial charge in [-0.25, -0.2) is 5.14 Å². The van der Waals surface area contributed by atoms with Crippen molar-refractivity contribution in [1.82, 2.24) is 0 Å². The van der Waals surface area contributed by atoms with E-state index in [1.165, 1.54) is 6.07 Å². The summed E-state index contributed by atoms with van der Waals surface area (Å²) in [7, 11) is -3.87. The van der Waals surface area contributed by atoms with Crippen molar-refractivity contribution in [2.45, 2.75) is 12.8 Å². The Morgan fingerprint density at radius 2 is 2.00 bits per heavy atom. The highest BCUT2D eigenvalue weighted by Gasteiger charge is 2.18. The lowest BCUT2D eigenvalue weighted by Crippen LogP contribution is -2.24. The molecule has 1 aliphatic rings. The fourth-order valence-electron chi connectivity index (χ4n) is 2.12. The van der Waals surface area contributed by atoms with Crippen LogP contribution >= 0.6 is 0 Å². The summed E-state index contributed by atoms with van der Waals surface area (Å²) < 4.78 is 24.3. The van der Waals surface area contributed by atoms with Crippen LogP contribution in [0.15, 0.2) is 18.2 Å². The van der Waals surface area contributed by atoms with Gasteiger partial charge in [0.2, 0.25) is 0 Å². The molecule has 1 aromatic rings. The average molecular weight is 266 g/mol. The van der Waals surface area contributed by atoms with E-state index in [-0.39, 0.29) is 5.69 Å². The predicted octanol–water partition coefficient (Wildman–Crippen LogP) is 0.774. The molecular weight excluding hydrogens is 252 g/mol. The van der Waals surface area contributed by atoms with Gasteiger partial charge in [0.1, 0.15) is 6.07 Å². The second-order valence-corrected chi connectivity index (χ2v) is 5.45. The third-order valence-electron chi connectivity index (χ3n) is 2.85. The largest absolute Gasteiger partial charge is 0.370 e. The molecule has 0 saturated carbocycles. The summed E-state index contributed by atoms with van der Waals surface area (Å²) in [5.41, 5.74) is 1.29. The fraction of sp³-hybridized carbons (Fsp3) is 0.364. The van der Waals surface area contributed by atoms with E-state index in [9.17, 15) is 13.7 Å². The van der Waals surface area contributed by atoms with Crippen molar-refractivity contribution in [2.24, 2.45) is 5.14 Å². The van der Waals surface area contributed by atoms with Crippen molar-refractivity contribution < 1.29 is 8.42 Å². The zero-order chi connectivity index (χ0) is 13.2. The highest BCUT2D eigenvalue weighted by molar-refractivity contribution is 7.90. The minimum absolute atomic E-state index is 0.226. The van der Waals surface area contributed by atoms with Gasteiger partial charge in [-0.15, -0.1) is 0 Å². The van der Waals surface area contributed by atoms with Crippen molar-refractivity contribution >= 4 is 21.6 Å². The van der Waals surface area contributed by atoms with E-state index in [0.29, 0.717) is 5.56 Å². The minimum Gasteiger partial charge on any atom is -0.370 e. The topological polar surface area (TPSA) is 99.2 Å². The van der Waals surface area contributed by atoms with Crippen LogP contribution in [0.25, 0.3) is 0 Å². The molecule has 0 aromatic heterocycles. The summed E-state index contributed by atoms with van der Waals surface area (Å²) in [6, 6.07) is 7.10. The Balaban J connectivity index is 2.43. The van der Waals surface area contributed by atoms with Gasteiger partial charge in [-0.3, -0.25) is 4.72 Å². The van der Waals surface area contributed by atoms with Crippen LogP contribution in [0.3, 0.4) is 0 Å². The Bertz CT molecular complexity index is 586. The summed E-state index contributed by atoms with van der Waals surface area (Å²) in [5.74, 6) is 0. The monoisotopic (exact) mass is 266 g/mol. The van der Waals surface area contributed by atoms with E-state index < -0.39 is 10.2 Å². The Labute approximate surface area is 106 Å². The van der Waals surface area contributed by atoms with Gasteiger partial charge >= 0.3 is 0 Å². The van der Waals surface area contributed by atoms with Crippen molar-refractivity contribution in [3.63, 3.8) is 0 Å². The molecule has 7 heteroatoms. The van der Waals surface area contributed by atoms with E-state index in [1.807, 2.05) is 12.1 Å². The SMILES string of the molecule is N#Cc1c(NS(N)(=O)=O)cccc1N1CCCC1. The first-order valence-corrected chi connectivity index (χ1v) is 7.14. The number of benzene rings is 1. The normalized spacial score (nSPS) is 15.4. The van der Waals surface area contributed by atoms with Gasteiger partial charge in [0.25, 0.3) is 10.2 Å². The third kappa shape index (κ3) is 2.72. The van der Waals surface area contributed by atoms with E-state index in [2.05, 4.69) is 9.62 Å². The van der Waals surface area contributed by atoms with E-state index >= 15 is 0 Å². The van der Waals surface area contributed by atoms with Gasteiger partial charge in [0, 0.05) is 13.1 Å². The van der Waals surface area contributed by atoms with Crippen LogP contribution < -0.4 is 14.8 Å². The highest BCUT2D eigenvalue weighted by atomic mass is 32.2. The number of nitrogens with one attached hydrogen (secondary N) is 1. The molecule has 1 fully saturated rings. The summed E-state index contributed by atoms with van der Waals surface area (Å²) in [6.07, 6.45) is 2.16. The molecule has 1 heterocycles. The van der Waals surface area contributed by atoms with Gasteiger partial charge in [-0.1, -0.05) is 6.07 Å². The van der Waals surface area contributed by atoms with Crippen molar-refractivity contribution in [3.8, 4) is 6.07 Å². The molecule has 0 unspecified atom stereocenters. The van der Waals surface area contributed by atoms with Crippen LogP contribution in [0, 0.1) is 11.3 Å². The molecule has 0 atom stereocenters. The first-order chi connectivity index (χ1) is 8.51. The van der Waals surface area contributed by atoms with Gasteiger partial charge in [-0.05, 0) is 25.0 Å². The first kappa shape index (κ1) is 12.7. The summed E-state index contributed by atoms with van der Waals surface area (Å²) in [5, 5.41) is 14.1. The smallest absolute Gasteiger partial charge is 0.296 e. The van der Waals surface area contributed by atoms with Crippen molar-refractivity contribution in [3.05, 3.63) is 23.8 Å². The Morgan fingerprint density at radius 3 is 2.56 bits per heavy atom. The number of hydrogen-bond acceptors (Lipinski definition) is 4. The molecule has 1 saturated heterocycles. The third-order valence-corrected chi connectivity index (χ3v) is 3.36. The molecule has 0 bridgehead atoms. The lowest BCUT2D eigenvalue weighted by Gasteiger charge is -2.20. The Kier molecular flexibility index (Phi) is 3.41. The second-order valence-electron chi connectivity index (χ2n) is 4.15. The van der Waals surface area contributed by atoms with E-state index in [1.54, 1.807) is 6.07 Å². The second kappa shape index (κ2) is 4.84. The lowest BCUT2D eigenvalue weighted by molar-refractivity contribution is 0.603.